The summed E-state index contributed by atoms with van der Waals surface area (Å²) in [7, 11) is 0. The maximum Gasteiger partial charge on any atom is 0.0257 e. The number of nitrogens with zero attached hydrogens (tertiary/aromatic N) is 2. The standard InChI is InChI=1S/C16H29N2O2/c19-18(20)16-10-4-2-7-14(16)12-17-11-5-8-13-6-1-3-9-15(13)17/h13-16,19H,1-12H2/q-1. The Hall–Kier alpha value is -0.160. The highest BCUT2D eigenvalue weighted by Crippen LogP contribution is 2.37. The van der Waals surface area contributed by atoms with E-state index in [1.807, 2.05) is 0 Å². The van der Waals surface area contributed by atoms with Crippen molar-refractivity contribution in [2.45, 2.75) is 76.3 Å². The number of rotatable bonds is 3. The van der Waals surface area contributed by atoms with Crippen LogP contribution in [-0.4, -0.2) is 40.5 Å². The van der Waals surface area contributed by atoms with E-state index in [0.29, 0.717) is 5.92 Å². The van der Waals surface area contributed by atoms with Crippen LogP contribution in [0, 0.1) is 17.0 Å². The van der Waals surface area contributed by atoms with Gasteiger partial charge in [-0.25, -0.2) is 0 Å². The highest BCUT2D eigenvalue weighted by molar-refractivity contribution is 4.90. The first-order valence-electron chi connectivity index (χ1n) is 8.65. The zero-order chi connectivity index (χ0) is 13.9. The van der Waals surface area contributed by atoms with Gasteiger partial charge in [0, 0.05) is 18.6 Å². The van der Waals surface area contributed by atoms with Crippen LogP contribution >= 0.6 is 0 Å². The van der Waals surface area contributed by atoms with E-state index in [9.17, 15) is 10.4 Å². The normalized spacial score (nSPS) is 39.8. The van der Waals surface area contributed by atoms with Crippen molar-refractivity contribution in [1.82, 2.24) is 10.1 Å². The molecule has 0 amide bonds. The smallest absolute Gasteiger partial charge is 0.0257 e. The number of hydroxylamine groups is 2. The summed E-state index contributed by atoms with van der Waals surface area (Å²) in [5.41, 5.74) is 0. The number of hydrogen-bond donors (Lipinski definition) is 1. The summed E-state index contributed by atoms with van der Waals surface area (Å²) in [5.74, 6) is 1.27. The van der Waals surface area contributed by atoms with Crippen molar-refractivity contribution in [1.29, 1.82) is 0 Å². The summed E-state index contributed by atoms with van der Waals surface area (Å²) in [6.07, 6.45) is 12.5. The van der Waals surface area contributed by atoms with Gasteiger partial charge in [0.05, 0.1) is 0 Å². The van der Waals surface area contributed by atoms with Crippen molar-refractivity contribution in [2.75, 3.05) is 13.1 Å². The van der Waals surface area contributed by atoms with Crippen LogP contribution in [-0.2, 0) is 0 Å². The van der Waals surface area contributed by atoms with Crippen LogP contribution in [0.3, 0.4) is 0 Å². The molecule has 3 rings (SSSR count). The highest BCUT2D eigenvalue weighted by atomic mass is 16.8. The van der Waals surface area contributed by atoms with Gasteiger partial charge in [0.15, 0.2) is 0 Å². The number of likely N-dealkylation sites (tertiary alicyclic amines) is 1. The predicted octanol–water partition coefficient (Wildman–Crippen LogP) is 3.39. The second-order valence-electron chi connectivity index (χ2n) is 7.16. The average Bonchev–Trinajstić information content (AvgIpc) is 2.48. The maximum atomic E-state index is 11.4. The molecule has 0 aromatic heterocycles. The molecule has 1 N–H and O–H groups in total. The molecule has 1 heterocycles. The molecule has 1 aliphatic heterocycles. The third kappa shape index (κ3) is 3.19. The molecule has 2 saturated carbocycles. The van der Waals surface area contributed by atoms with E-state index in [-0.39, 0.29) is 11.3 Å². The fourth-order valence-electron chi connectivity index (χ4n) is 4.95. The van der Waals surface area contributed by atoms with Crippen molar-refractivity contribution >= 4 is 0 Å². The summed E-state index contributed by atoms with van der Waals surface area (Å²) < 4.78 is 0. The molecule has 4 nitrogen and oxygen atoms in total. The number of fused-ring (bicyclic) bond motifs is 1. The van der Waals surface area contributed by atoms with Crippen LogP contribution in [0.25, 0.3) is 0 Å². The quantitative estimate of drug-likeness (QED) is 0.806. The fourth-order valence-corrected chi connectivity index (χ4v) is 4.95. The van der Waals surface area contributed by atoms with Gasteiger partial charge in [-0.05, 0) is 56.9 Å². The Kier molecular flexibility index (Phi) is 4.97. The Morgan fingerprint density at radius 3 is 2.50 bits per heavy atom. The minimum absolute atomic E-state index is 0.160. The van der Waals surface area contributed by atoms with Gasteiger partial charge in [0.2, 0.25) is 0 Å². The predicted molar refractivity (Wildman–Crippen MR) is 79.3 cm³/mol. The van der Waals surface area contributed by atoms with E-state index in [4.69, 9.17) is 0 Å². The minimum atomic E-state index is -0.160. The number of hydrogen-bond acceptors (Lipinski definition) is 4. The van der Waals surface area contributed by atoms with Crippen LogP contribution in [0.15, 0.2) is 0 Å². The molecule has 4 atom stereocenters. The van der Waals surface area contributed by atoms with Gasteiger partial charge in [-0.3, -0.25) is 10.1 Å². The van der Waals surface area contributed by atoms with E-state index >= 15 is 0 Å². The van der Waals surface area contributed by atoms with E-state index in [1.165, 1.54) is 51.5 Å². The Balaban J connectivity index is 1.62. The van der Waals surface area contributed by atoms with Gasteiger partial charge in [0.1, 0.15) is 0 Å². The lowest BCUT2D eigenvalue weighted by atomic mass is 9.77. The molecule has 116 valence electrons. The fraction of sp³-hybridized carbons (Fsp3) is 1.00. The molecule has 0 aromatic carbocycles. The highest BCUT2D eigenvalue weighted by Gasteiger charge is 2.36. The molecule has 4 unspecified atom stereocenters. The molecule has 3 aliphatic rings. The summed E-state index contributed by atoms with van der Waals surface area (Å²) in [6, 6.07) is 0.603. The van der Waals surface area contributed by atoms with E-state index in [0.717, 1.165) is 37.8 Å². The first-order valence-corrected chi connectivity index (χ1v) is 8.65. The van der Waals surface area contributed by atoms with Crippen molar-refractivity contribution in [3.8, 4) is 0 Å². The van der Waals surface area contributed by atoms with Crippen LogP contribution in [0.5, 0.6) is 0 Å². The van der Waals surface area contributed by atoms with Gasteiger partial charge >= 0.3 is 0 Å². The van der Waals surface area contributed by atoms with Crippen LogP contribution in [0.4, 0.5) is 0 Å². The van der Waals surface area contributed by atoms with Crippen molar-refractivity contribution in [2.24, 2.45) is 11.8 Å². The molecule has 1 saturated heterocycles. The molecule has 0 spiro atoms. The zero-order valence-electron chi connectivity index (χ0n) is 12.5. The van der Waals surface area contributed by atoms with Crippen molar-refractivity contribution in [3.63, 3.8) is 0 Å². The molecule has 0 bridgehead atoms. The Bertz CT molecular complexity index is 309. The average molecular weight is 281 g/mol. The largest absolute Gasteiger partial charge is 0.762 e. The van der Waals surface area contributed by atoms with E-state index < -0.39 is 0 Å². The molecule has 20 heavy (non-hydrogen) atoms. The monoisotopic (exact) mass is 281 g/mol. The second kappa shape index (κ2) is 6.73. The third-order valence-electron chi connectivity index (χ3n) is 5.98. The van der Waals surface area contributed by atoms with Crippen molar-refractivity contribution in [3.05, 3.63) is 5.21 Å². The lowest BCUT2D eigenvalue weighted by molar-refractivity contribution is -0.113. The van der Waals surface area contributed by atoms with Gasteiger partial charge in [-0.15, -0.1) is 0 Å². The summed E-state index contributed by atoms with van der Waals surface area (Å²) in [5, 5.41) is 21.0. The van der Waals surface area contributed by atoms with Crippen LogP contribution in [0.2, 0.25) is 0 Å². The molecular weight excluding hydrogens is 252 g/mol. The van der Waals surface area contributed by atoms with Gasteiger partial charge in [-0.2, -0.15) is 0 Å². The van der Waals surface area contributed by atoms with Gasteiger partial charge in [-0.1, -0.05) is 25.7 Å². The van der Waals surface area contributed by atoms with Gasteiger partial charge in [0.25, 0.3) is 0 Å². The SMILES string of the molecule is [O-]N(O)C1CCCCC1CN1CCCC2CCCCC21. The molecule has 0 radical (unpaired) electrons. The molecule has 4 heteroatoms. The maximum absolute atomic E-state index is 11.4. The first-order chi connectivity index (χ1) is 9.75. The Labute approximate surface area is 122 Å². The lowest BCUT2D eigenvalue weighted by Crippen LogP contribution is -2.51. The van der Waals surface area contributed by atoms with Crippen LogP contribution in [0.1, 0.15) is 64.2 Å². The number of piperidine rings is 1. The summed E-state index contributed by atoms with van der Waals surface area (Å²) in [4.78, 5) is 2.67. The third-order valence-corrected chi connectivity index (χ3v) is 5.98. The second-order valence-corrected chi connectivity index (χ2v) is 7.16. The molecule has 2 aliphatic carbocycles. The van der Waals surface area contributed by atoms with Gasteiger partial charge < -0.3 is 10.4 Å². The van der Waals surface area contributed by atoms with E-state index in [1.54, 1.807) is 0 Å². The van der Waals surface area contributed by atoms with Crippen LogP contribution < -0.4 is 0 Å². The zero-order valence-corrected chi connectivity index (χ0v) is 12.5. The first kappa shape index (κ1) is 14.8. The van der Waals surface area contributed by atoms with E-state index in [2.05, 4.69) is 4.90 Å². The summed E-state index contributed by atoms with van der Waals surface area (Å²) >= 11 is 0. The molecule has 0 aromatic rings. The molecule has 3 fully saturated rings. The van der Waals surface area contributed by atoms with Crippen molar-refractivity contribution < 1.29 is 5.21 Å². The Morgan fingerprint density at radius 2 is 1.65 bits per heavy atom. The Morgan fingerprint density at radius 1 is 0.950 bits per heavy atom. The topological polar surface area (TPSA) is 49.8 Å². The minimum Gasteiger partial charge on any atom is -0.762 e. The summed E-state index contributed by atoms with van der Waals surface area (Å²) in [6.45, 7) is 2.24. The lowest BCUT2D eigenvalue weighted by Gasteiger charge is -2.48. The molecular formula is C16H29N2O2-.